The van der Waals surface area contributed by atoms with Crippen molar-refractivity contribution in [3.63, 3.8) is 0 Å². The Morgan fingerprint density at radius 3 is 3.12 bits per heavy atom. The molecule has 0 saturated carbocycles. The van der Waals surface area contributed by atoms with Crippen molar-refractivity contribution < 1.29 is 19.0 Å². The molecule has 0 radical (unpaired) electrons. The number of aliphatic carboxylic acids is 1. The summed E-state index contributed by atoms with van der Waals surface area (Å²) in [4.78, 5) is 11.1. The predicted molar refractivity (Wildman–Crippen MR) is 55.0 cm³/mol. The number of aromatic amines is 1. The van der Waals surface area contributed by atoms with E-state index in [1.54, 1.807) is 0 Å². The van der Waals surface area contributed by atoms with E-state index in [9.17, 15) is 9.18 Å². The standard InChI is InChI=1S/C11H7FN2O3/c12-5-1-2-8-6(3-5)9-7(4-13-14-9)10(17-8)11(15)16/h1-4,10H,(H,13,14)(H,15,16)/t10-/m0/s1. The summed E-state index contributed by atoms with van der Waals surface area (Å²) >= 11 is 0. The molecule has 0 spiro atoms. The van der Waals surface area contributed by atoms with Gasteiger partial charge in [-0.15, -0.1) is 0 Å². The number of aromatic nitrogens is 2. The van der Waals surface area contributed by atoms with E-state index in [1.807, 2.05) is 0 Å². The average molecular weight is 234 g/mol. The fourth-order valence-electron chi connectivity index (χ4n) is 1.88. The van der Waals surface area contributed by atoms with Gasteiger partial charge >= 0.3 is 5.97 Å². The Balaban J connectivity index is 2.23. The highest BCUT2D eigenvalue weighted by Gasteiger charge is 2.33. The Labute approximate surface area is 94.8 Å². The number of carboxylic acids is 1. The molecule has 6 heteroatoms. The Hall–Kier alpha value is -2.37. The van der Waals surface area contributed by atoms with Gasteiger partial charge in [-0.2, -0.15) is 5.10 Å². The SMILES string of the molecule is O=C(O)[C@H]1Oc2ccc(F)cc2-c2[nH]ncc21. The number of nitrogens with one attached hydrogen (secondary N) is 1. The third kappa shape index (κ3) is 1.37. The van der Waals surface area contributed by atoms with Crippen molar-refractivity contribution in [3.05, 3.63) is 35.8 Å². The zero-order valence-corrected chi connectivity index (χ0v) is 8.48. The maximum absolute atomic E-state index is 13.1. The molecule has 1 aromatic carbocycles. The molecule has 1 aliphatic rings. The molecule has 0 aliphatic carbocycles. The highest BCUT2D eigenvalue weighted by Crippen LogP contribution is 2.41. The van der Waals surface area contributed by atoms with Crippen LogP contribution in [0, 0.1) is 5.82 Å². The number of hydrogen-bond acceptors (Lipinski definition) is 3. The number of nitrogens with zero attached hydrogens (tertiary/aromatic N) is 1. The second-order valence-corrected chi connectivity index (χ2v) is 3.68. The lowest BCUT2D eigenvalue weighted by atomic mass is 10.00. The van der Waals surface area contributed by atoms with Crippen molar-refractivity contribution in [2.75, 3.05) is 0 Å². The summed E-state index contributed by atoms with van der Waals surface area (Å²) in [6.45, 7) is 0. The number of halogens is 1. The van der Waals surface area contributed by atoms with Gasteiger partial charge in [-0.25, -0.2) is 9.18 Å². The van der Waals surface area contributed by atoms with Crippen LogP contribution < -0.4 is 4.74 Å². The largest absolute Gasteiger partial charge is 0.478 e. The Morgan fingerprint density at radius 1 is 1.53 bits per heavy atom. The van der Waals surface area contributed by atoms with E-state index in [0.717, 1.165) is 0 Å². The number of rotatable bonds is 1. The highest BCUT2D eigenvalue weighted by atomic mass is 19.1. The van der Waals surface area contributed by atoms with E-state index in [1.165, 1.54) is 24.4 Å². The number of benzene rings is 1. The van der Waals surface area contributed by atoms with Gasteiger partial charge in [0.15, 0.2) is 0 Å². The van der Waals surface area contributed by atoms with Crippen LogP contribution in [0.4, 0.5) is 4.39 Å². The van der Waals surface area contributed by atoms with Crippen molar-refractivity contribution in [1.82, 2.24) is 10.2 Å². The normalized spacial score (nSPS) is 16.9. The topological polar surface area (TPSA) is 75.2 Å². The van der Waals surface area contributed by atoms with E-state index in [2.05, 4.69) is 10.2 Å². The molecule has 0 saturated heterocycles. The minimum absolute atomic E-state index is 0.329. The Morgan fingerprint density at radius 2 is 2.35 bits per heavy atom. The molecule has 0 unspecified atom stereocenters. The first-order valence-electron chi connectivity index (χ1n) is 4.89. The van der Waals surface area contributed by atoms with Gasteiger partial charge in [0.25, 0.3) is 0 Å². The first-order chi connectivity index (χ1) is 8.16. The lowest BCUT2D eigenvalue weighted by Gasteiger charge is -2.22. The van der Waals surface area contributed by atoms with Gasteiger partial charge in [-0.1, -0.05) is 0 Å². The predicted octanol–water partition coefficient (Wildman–Crippen LogP) is 1.73. The van der Waals surface area contributed by atoms with Crippen LogP contribution in [0.25, 0.3) is 11.3 Å². The molecule has 2 aromatic rings. The van der Waals surface area contributed by atoms with Crippen LogP contribution in [0.2, 0.25) is 0 Å². The molecule has 0 bridgehead atoms. The van der Waals surface area contributed by atoms with Gasteiger partial charge in [0.1, 0.15) is 11.6 Å². The summed E-state index contributed by atoms with van der Waals surface area (Å²) < 4.78 is 18.5. The van der Waals surface area contributed by atoms with Crippen molar-refractivity contribution in [2.45, 2.75) is 6.10 Å². The molecule has 1 aliphatic heterocycles. The van der Waals surface area contributed by atoms with Crippen molar-refractivity contribution in [2.24, 2.45) is 0 Å². The molecule has 2 heterocycles. The van der Waals surface area contributed by atoms with Gasteiger partial charge in [-0.3, -0.25) is 5.10 Å². The number of carboxylic acid groups (broad SMARTS) is 1. The molecule has 5 nitrogen and oxygen atoms in total. The Bertz CT molecular complexity index is 609. The van der Waals surface area contributed by atoms with Crippen LogP contribution >= 0.6 is 0 Å². The number of hydrogen-bond donors (Lipinski definition) is 2. The molecule has 86 valence electrons. The average Bonchev–Trinajstić information content (AvgIpc) is 2.76. The molecule has 0 fully saturated rings. The zero-order valence-electron chi connectivity index (χ0n) is 8.48. The van der Waals surface area contributed by atoms with E-state index < -0.39 is 17.9 Å². The third-order valence-electron chi connectivity index (χ3n) is 2.63. The molecular formula is C11H7FN2O3. The summed E-state index contributed by atoms with van der Waals surface area (Å²) in [5.74, 6) is -1.19. The van der Waals surface area contributed by atoms with Gasteiger partial charge in [-0.05, 0) is 18.2 Å². The second kappa shape index (κ2) is 3.31. The summed E-state index contributed by atoms with van der Waals surface area (Å²) in [6.07, 6.45) is 0.267. The van der Waals surface area contributed by atoms with Crippen molar-refractivity contribution >= 4 is 5.97 Å². The quantitative estimate of drug-likeness (QED) is 0.787. The monoisotopic (exact) mass is 234 g/mol. The summed E-state index contributed by atoms with van der Waals surface area (Å²) in [7, 11) is 0. The molecule has 1 atom stereocenters. The minimum Gasteiger partial charge on any atom is -0.478 e. The fraction of sp³-hybridized carbons (Fsp3) is 0.0909. The van der Waals surface area contributed by atoms with Gasteiger partial charge in [0.2, 0.25) is 6.10 Å². The van der Waals surface area contributed by atoms with E-state index in [-0.39, 0.29) is 0 Å². The first kappa shape index (κ1) is 9.83. The van der Waals surface area contributed by atoms with Crippen LogP contribution in [-0.2, 0) is 4.79 Å². The Kier molecular flexibility index (Phi) is 1.91. The van der Waals surface area contributed by atoms with Gasteiger partial charge in [0.05, 0.1) is 11.9 Å². The van der Waals surface area contributed by atoms with Crippen LogP contribution in [0.3, 0.4) is 0 Å². The summed E-state index contributed by atoms with van der Waals surface area (Å²) in [6, 6.07) is 3.91. The van der Waals surface area contributed by atoms with E-state index in [0.29, 0.717) is 22.6 Å². The second-order valence-electron chi connectivity index (χ2n) is 3.68. The van der Waals surface area contributed by atoms with E-state index in [4.69, 9.17) is 9.84 Å². The molecule has 1 aromatic heterocycles. The van der Waals surface area contributed by atoms with Crippen LogP contribution in [0.5, 0.6) is 5.75 Å². The third-order valence-corrected chi connectivity index (χ3v) is 2.63. The maximum Gasteiger partial charge on any atom is 0.349 e. The molecule has 0 amide bonds. The van der Waals surface area contributed by atoms with Crippen LogP contribution in [-0.4, -0.2) is 21.3 Å². The molecular weight excluding hydrogens is 227 g/mol. The molecule has 2 N–H and O–H groups in total. The highest BCUT2D eigenvalue weighted by molar-refractivity contribution is 5.82. The molecule has 3 rings (SSSR count). The van der Waals surface area contributed by atoms with Crippen molar-refractivity contribution in [3.8, 4) is 17.0 Å². The van der Waals surface area contributed by atoms with Crippen LogP contribution in [0.15, 0.2) is 24.4 Å². The number of ether oxygens (including phenoxy) is 1. The lowest BCUT2D eigenvalue weighted by Crippen LogP contribution is -2.21. The molecule has 17 heavy (non-hydrogen) atoms. The minimum atomic E-state index is -1.11. The number of fused-ring (bicyclic) bond motifs is 3. The summed E-state index contributed by atoms with van der Waals surface area (Å²) in [5.41, 5.74) is 1.36. The van der Waals surface area contributed by atoms with Crippen LogP contribution in [0.1, 0.15) is 11.7 Å². The number of H-pyrrole nitrogens is 1. The maximum atomic E-state index is 13.1. The lowest BCUT2D eigenvalue weighted by molar-refractivity contribution is -0.145. The van der Waals surface area contributed by atoms with Crippen molar-refractivity contribution in [1.29, 1.82) is 0 Å². The zero-order chi connectivity index (χ0) is 12.0. The van der Waals surface area contributed by atoms with Gasteiger partial charge in [0, 0.05) is 11.1 Å². The van der Waals surface area contributed by atoms with E-state index >= 15 is 0 Å². The summed E-state index contributed by atoms with van der Waals surface area (Å²) in [5, 5.41) is 15.5. The number of carbonyl (C=O) groups is 1. The first-order valence-corrected chi connectivity index (χ1v) is 4.89. The van der Waals surface area contributed by atoms with Gasteiger partial charge < -0.3 is 9.84 Å². The smallest absolute Gasteiger partial charge is 0.349 e. The fourth-order valence-corrected chi connectivity index (χ4v) is 1.88.